The van der Waals surface area contributed by atoms with Crippen LogP contribution in [0.3, 0.4) is 0 Å². The summed E-state index contributed by atoms with van der Waals surface area (Å²) in [5, 5.41) is 0. The highest BCUT2D eigenvalue weighted by molar-refractivity contribution is 6.00. The molecule has 1 aliphatic carbocycles. The largest absolute Gasteiger partial charge is 0.284 e. The Hall–Kier alpha value is -2.15. The Morgan fingerprint density at radius 1 is 0.818 bits per heavy atom. The van der Waals surface area contributed by atoms with Crippen molar-refractivity contribution in [3.8, 4) is 0 Å². The van der Waals surface area contributed by atoms with Crippen LogP contribution < -0.4 is 0 Å². The summed E-state index contributed by atoms with van der Waals surface area (Å²) in [6.45, 7) is 6.45. The van der Waals surface area contributed by atoms with Gasteiger partial charge in [0.1, 0.15) is 0 Å². The van der Waals surface area contributed by atoms with Crippen molar-refractivity contribution in [3.63, 3.8) is 0 Å². The lowest BCUT2D eigenvalue weighted by atomic mass is 9.74. The van der Waals surface area contributed by atoms with Crippen molar-refractivity contribution in [1.29, 1.82) is 0 Å². The summed E-state index contributed by atoms with van der Waals surface area (Å²) < 4.78 is 0. The first-order chi connectivity index (χ1) is 10.5. The molecule has 0 saturated heterocycles. The monoisotopic (exact) mass is 289 g/mol. The first kappa shape index (κ1) is 14.8. The minimum absolute atomic E-state index is 0.0386. The van der Waals surface area contributed by atoms with E-state index in [9.17, 15) is 0 Å². The van der Waals surface area contributed by atoms with Gasteiger partial charge in [0.05, 0.1) is 5.54 Å². The summed E-state index contributed by atoms with van der Waals surface area (Å²) in [4.78, 5) is 4.88. The van der Waals surface area contributed by atoms with Crippen LogP contribution in [0, 0.1) is 0 Å². The Morgan fingerprint density at radius 3 is 1.77 bits per heavy atom. The molecule has 0 atom stereocenters. The van der Waals surface area contributed by atoms with Gasteiger partial charge in [-0.25, -0.2) is 0 Å². The number of benzene rings is 2. The summed E-state index contributed by atoms with van der Waals surface area (Å²) in [6.07, 6.45) is 5.45. The molecule has 0 amide bonds. The van der Waals surface area contributed by atoms with E-state index < -0.39 is 0 Å². The quantitative estimate of drug-likeness (QED) is 0.723. The molecule has 3 rings (SSSR count). The molecule has 112 valence electrons. The number of nitrogens with zero attached hydrogens (tertiary/aromatic N) is 1. The van der Waals surface area contributed by atoms with Crippen molar-refractivity contribution in [1.82, 2.24) is 0 Å². The minimum Gasteiger partial charge on any atom is -0.284 e. The summed E-state index contributed by atoms with van der Waals surface area (Å²) in [5.41, 5.74) is 3.71. The van der Waals surface area contributed by atoms with Crippen LogP contribution >= 0.6 is 0 Å². The molecule has 0 radical (unpaired) electrons. The van der Waals surface area contributed by atoms with E-state index in [-0.39, 0.29) is 11.0 Å². The van der Waals surface area contributed by atoms with Crippen LogP contribution in [0.15, 0.2) is 77.8 Å². The average molecular weight is 289 g/mol. The number of hydrogen-bond donors (Lipinski definition) is 0. The van der Waals surface area contributed by atoms with Gasteiger partial charge in [-0.05, 0) is 38.0 Å². The Balaban J connectivity index is 2.09. The van der Waals surface area contributed by atoms with Gasteiger partial charge in [0.15, 0.2) is 0 Å². The van der Waals surface area contributed by atoms with E-state index in [1.54, 1.807) is 0 Å². The number of aliphatic imine (C=N–C) groups is 1. The smallest absolute Gasteiger partial charge is 0.0527 e. The van der Waals surface area contributed by atoms with Crippen LogP contribution in [0.4, 0.5) is 0 Å². The molecule has 0 aliphatic heterocycles. The molecule has 0 bridgehead atoms. The zero-order valence-corrected chi connectivity index (χ0v) is 13.6. The summed E-state index contributed by atoms with van der Waals surface area (Å²) >= 11 is 0. The number of rotatable bonds is 2. The van der Waals surface area contributed by atoms with Gasteiger partial charge in [0.25, 0.3) is 0 Å². The molecule has 0 N–H and O–H groups in total. The fourth-order valence-corrected chi connectivity index (χ4v) is 3.18. The van der Waals surface area contributed by atoms with Gasteiger partial charge in [-0.2, -0.15) is 0 Å². The van der Waals surface area contributed by atoms with E-state index in [2.05, 4.69) is 93.6 Å². The molecule has 0 aromatic heterocycles. The maximum atomic E-state index is 4.88. The van der Waals surface area contributed by atoms with Crippen molar-refractivity contribution < 1.29 is 0 Å². The maximum Gasteiger partial charge on any atom is 0.0527 e. The molecule has 0 spiro atoms. The molecule has 0 saturated carbocycles. The van der Waals surface area contributed by atoms with Crippen molar-refractivity contribution >= 4 is 5.71 Å². The van der Waals surface area contributed by atoms with Crippen molar-refractivity contribution in [2.45, 2.75) is 38.1 Å². The average Bonchev–Trinajstić information content (AvgIpc) is 2.92. The lowest BCUT2D eigenvalue weighted by Crippen LogP contribution is -2.25. The molecular weight excluding hydrogens is 266 g/mol. The van der Waals surface area contributed by atoms with Gasteiger partial charge in [-0.15, -0.1) is 0 Å². The second kappa shape index (κ2) is 5.57. The fourth-order valence-electron chi connectivity index (χ4n) is 3.18. The van der Waals surface area contributed by atoms with E-state index in [1.165, 1.54) is 16.8 Å². The molecular formula is C21H23N. The Kier molecular flexibility index (Phi) is 3.74. The van der Waals surface area contributed by atoms with Crippen molar-refractivity contribution in [3.05, 3.63) is 83.9 Å². The third-order valence-corrected chi connectivity index (χ3v) is 4.08. The molecule has 2 aromatic carbocycles. The fraction of sp³-hybridized carbons (Fsp3) is 0.286. The highest BCUT2D eigenvalue weighted by Gasteiger charge is 2.36. The number of allylic oxidation sites excluding steroid dienone is 2. The first-order valence-corrected chi connectivity index (χ1v) is 7.89. The highest BCUT2D eigenvalue weighted by atomic mass is 14.8. The van der Waals surface area contributed by atoms with Crippen LogP contribution in [0.25, 0.3) is 0 Å². The Labute approximate surface area is 133 Å². The summed E-state index contributed by atoms with van der Waals surface area (Å²) in [6, 6.07) is 21.5. The third-order valence-electron chi connectivity index (χ3n) is 4.08. The van der Waals surface area contributed by atoms with Gasteiger partial charge in [-0.3, -0.25) is 4.99 Å². The SMILES string of the molecule is CC(C)(C)N=C1C=CC(c2ccccc2)(c2ccccc2)C1. The molecule has 1 nitrogen and oxygen atoms in total. The molecule has 1 aliphatic rings. The van der Waals surface area contributed by atoms with E-state index in [0.717, 1.165) is 6.42 Å². The maximum absolute atomic E-state index is 4.88. The van der Waals surface area contributed by atoms with Gasteiger partial charge >= 0.3 is 0 Å². The van der Waals surface area contributed by atoms with Gasteiger partial charge < -0.3 is 0 Å². The first-order valence-electron chi connectivity index (χ1n) is 7.89. The zero-order valence-electron chi connectivity index (χ0n) is 13.6. The molecule has 0 heterocycles. The third kappa shape index (κ3) is 2.89. The van der Waals surface area contributed by atoms with E-state index in [1.807, 2.05) is 0 Å². The minimum atomic E-state index is -0.0907. The molecule has 0 fully saturated rings. The van der Waals surface area contributed by atoms with E-state index in [0.29, 0.717) is 0 Å². The summed E-state index contributed by atoms with van der Waals surface area (Å²) in [7, 11) is 0. The van der Waals surface area contributed by atoms with Crippen LogP contribution in [0.5, 0.6) is 0 Å². The number of hydrogen-bond acceptors (Lipinski definition) is 1. The van der Waals surface area contributed by atoms with Crippen molar-refractivity contribution in [2.24, 2.45) is 4.99 Å². The van der Waals surface area contributed by atoms with Crippen LogP contribution in [-0.4, -0.2) is 11.3 Å². The van der Waals surface area contributed by atoms with Gasteiger partial charge in [0, 0.05) is 17.5 Å². The molecule has 1 heteroatoms. The normalized spacial score (nSPS) is 18.8. The summed E-state index contributed by atoms with van der Waals surface area (Å²) in [5.74, 6) is 0. The van der Waals surface area contributed by atoms with Gasteiger partial charge in [-0.1, -0.05) is 66.7 Å². The standard InChI is InChI=1S/C21H23N/c1-20(2,3)22-19-14-15-21(16-19,17-10-6-4-7-11-17)18-12-8-5-9-13-18/h4-15H,16H2,1-3H3. The highest BCUT2D eigenvalue weighted by Crippen LogP contribution is 2.41. The predicted molar refractivity (Wildman–Crippen MR) is 94.6 cm³/mol. The van der Waals surface area contributed by atoms with Crippen LogP contribution in [-0.2, 0) is 5.41 Å². The Morgan fingerprint density at radius 2 is 1.32 bits per heavy atom. The zero-order chi connectivity index (χ0) is 15.6. The predicted octanol–water partition coefficient (Wildman–Crippen LogP) is 5.17. The van der Waals surface area contributed by atoms with E-state index >= 15 is 0 Å². The second-order valence-corrected chi connectivity index (χ2v) is 6.99. The lowest BCUT2D eigenvalue weighted by molar-refractivity contribution is 0.579. The second-order valence-electron chi connectivity index (χ2n) is 6.99. The van der Waals surface area contributed by atoms with Crippen molar-refractivity contribution in [2.75, 3.05) is 0 Å². The van der Waals surface area contributed by atoms with Crippen LogP contribution in [0.1, 0.15) is 38.3 Å². The van der Waals surface area contributed by atoms with Gasteiger partial charge in [0.2, 0.25) is 0 Å². The topological polar surface area (TPSA) is 12.4 Å². The molecule has 22 heavy (non-hydrogen) atoms. The molecule has 2 aromatic rings. The van der Waals surface area contributed by atoms with E-state index in [4.69, 9.17) is 4.99 Å². The molecule has 0 unspecified atom stereocenters. The lowest BCUT2D eigenvalue weighted by Gasteiger charge is -2.29. The Bertz CT molecular complexity index is 648. The van der Waals surface area contributed by atoms with Crippen LogP contribution in [0.2, 0.25) is 0 Å².